The number of nitrogens with zero attached hydrogens (tertiary/aromatic N) is 1. The zero-order valence-electron chi connectivity index (χ0n) is 11.6. The molecule has 1 aromatic carbocycles. The zero-order valence-corrected chi connectivity index (χ0v) is 12.4. The number of halogens is 1. The van der Waals surface area contributed by atoms with Gasteiger partial charge >= 0.3 is 0 Å². The van der Waals surface area contributed by atoms with Crippen LogP contribution in [0.5, 0.6) is 0 Å². The monoisotopic (exact) mass is 312 g/mol. The second-order valence-corrected chi connectivity index (χ2v) is 5.66. The zero-order chi connectivity index (χ0) is 15.1. The van der Waals surface area contributed by atoms with Gasteiger partial charge in [-0.25, -0.2) is 4.98 Å². The number of carbonyl (C=O) groups excluding carboxylic acids is 1. The van der Waals surface area contributed by atoms with Crippen LogP contribution in [0.1, 0.15) is 21.5 Å². The molecule has 3 aromatic rings. The Kier molecular flexibility index (Phi) is 3.10. The van der Waals surface area contributed by atoms with Crippen molar-refractivity contribution in [2.75, 3.05) is 5.32 Å². The quantitative estimate of drug-likeness (QED) is 0.637. The molecule has 0 atom stereocenters. The molecule has 0 radical (unpaired) electrons. The van der Waals surface area contributed by atoms with Crippen molar-refractivity contribution in [2.45, 2.75) is 13.1 Å². The second-order valence-electron chi connectivity index (χ2n) is 5.27. The van der Waals surface area contributed by atoms with Crippen molar-refractivity contribution < 1.29 is 4.79 Å². The van der Waals surface area contributed by atoms with Gasteiger partial charge in [0, 0.05) is 30.4 Å². The van der Waals surface area contributed by atoms with Gasteiger partial charge in [-0.15, -0.1) is 0 Å². The molecule has 3 N–H and O–H groups in total. The third kappa shape index (κ3) is 2.24. The van der Waals surface area contributed by atoms with Gasteiger partial charge in [-0.1, -0.05) is 17.7 Å². The number of H-pyrrole nitrogens is 1. The normalized spacial score (nSPS) is 13.3. The molecule has 3 heterocycles. The number of hydrogen-bond acceptors (Lipinski definition) is 3. The van der Waals surface area contributed by atoms with E-state index < -0.39 is 0 Å². The number of carbonyl (C=O) groups is 1. The summed E-state index contributed by atoms with van der Waals surface area (Å²) in [6.45, 7) is 1.72. The molecule has 0 saturated carbocycles. The number of fused-ring (bicyclic) bond motifs is 2. The summed E-state index contributed by atoms with van der Waals surface area (Å²) >= 11 is 5.99. The van der Waals surface area contributed by atoms with Gasteiger partial charge in [0.05, 0.1) is 5.56 Å². The average molecular weight is 313 g/mol. The molecule has 0 spiro atoms. The molecule has 5 nitrogen and oxygen atoms in total. The van der Waals surface area contributed by atoms with E-state index in [4.69, 9.17) is 11.6 Å². The number of rotatable bonds is 2. The highest BCUT2D eigenvalue weighted by Crippen LogP contribution is 2.23. The predicted octanol–water partition coefficient (Wildman–Crippen LogP) is 3.07. The molecule has 110 valence electrons. The van der Waals surface area contributed by atoms with E-state index in [1.165, 1.54) is 11.1 Å². The third-order valence-electron chi connectivity index (χ3n) is 3.84. The molecule has 2 aromatic heterocycles. The number of aromatic amines is 1. The van der Waals surface area contributed by atoms with Gasteiger partial charge < -0.3 is 15.6 Å². The molecular formula is C16H13ClN4O. The Labute approximate surface area is 131 Å². The van der Waals surface area contributed by atoms with Crippen LogP contribution in [-0.4, -0.2) is 15.9 Å². The van der Waals surface area contributed by atoms with Crippen molar-refractivity contribution >= 4 is 34.2 Å². The number of aromatic nitrogens is 2. The fourth-order valence-corrected chi connectivity index (χ4v) is 2.96. The van der Waals surface area contributed by atoms with Crippen LogP contribution in [0, 0.1) is 0 Å². The van der Waals surface area contributed by atoms with Crippen LogP contribution in [0.3, 0.4) is 0 Å². The summed E-state index contributed by atoms with van der Waals surface area (Å²) in [5.41, 5.74) is 4.39. The van der Waals surface area contributed by atoms with E-state index in [0.717, 1.165) is 24.2 Å². The molecular weight excluding hydrogens is 300 g/mol. The van der Waals surface area contributed by atoms with E-state index in [9.17, 15) is 4.79 Å². The van der Waals surface area contributed by atoms with Crippen LogP contribution in [0.15, 0.2) is 36.5 Å². The third-order valence-corrected chi connectivity index (χ3v) is 4.03. The molecule has 0 fully saturated rings. The lowest BCUT2D eigenvalue weighted by atomic mass is 10.1. The Balaban J connectivity index is 1.68. The molecule has 22 heavy (non-hydrogen) atoms. The van der Waals surface area contributed by atoms with Crippen LogP contribution >= 0.6 is 11.6 Å². The number of anilines is 1. The van der Waals surface area contributed by atoms with Crippen molar-refractivity contribution in [2.24, 2.45) is 0 Å². The van der Waals surface area contributed by atoms with E-state index in [1.807, 2.05) is 24.3 Å². The largest absolute Gasteiger partial charge is 0.346 e. The predicted molar refractivity (Wildman–Crippen MR) is 86.0 cm³/mol. The number of nitrogens with one attached hydrogen (secondary N) is 3. The number of hydrogen-bond donors (Lipinski definition) is 3. The summed E-state index contributed by atoms with van der Waals surface area (Å²) < 4.78 is 0. The first-order chi connectivity index (χ1) is 10.7. The van der Waals surface area contributed by atoms with Gasteiger partial charge in [0.25, 0.3) is 5.91 Å². The molecule has 6 heteroatoms. The summed E-state index contributed by atoms with van der Waals surface area (Å²) in [6.07, 6.45) is 1.74. The minimum absolute atomic E-state index is 0.195. The number of amides is 1. The number of pyridine rings is 1. The molecule has 4 rings (SSSR count). The van der Waals surface area contributed by atoms with Crippen LogP contribution in [0.4, 0.5) is 5.69 Å². The van der Waals surface area contributed by atoms with Crippen molar-refractivity contribution in [1.29, 1.82) is 0 Å². The van der Waals surface area contributed by atoms with Gasteiger partial charge in [-0.05, 0) is 35.4 Å². The highest BCUT2D eigenvalue weighted by atomic mass is 35.5. The fourth-order valence-electron chi connectivity index (χ4n) is 2.77. The fraction of sp³-hybridized carbons (Fsp3) is 0.125. The van der Waals surface area contributed by atoms with Crippen molar-refractivity contribution in [1.82, 2.24) is 15.3 Å². The smallest absolute Gasteiger partial charge is 0.256 e. The minimum atomic E-state index is -0.195. The van der Waals surface area contributed by atoms with Crippen molar-refractivity contribution in [3.63, 3.8) is 0 Å². The second kappa shape index (κ2) is 5.12. The minimum Gasteiger partial charge on any atom is -0.346 e. The summed E-state index contributed by atoms with van der Waals surface area (Å²) in [5.74, 6) is -0.195. The Morgan fingerprint density at radius 2 is 2.05 bits per heavy atom. The maximum atomic E-state index is 12.6. The first kappa shape index (κ1) is 13.3. The van der Waals surface area contributed by atoms with Crippen LogP contribution in [0.25, 0.3) is 11.0 Å². The standard InChI is InChI=1S/C16H13ClN4O/c17-14-6-13(12-3-4-19-15(12)21-14)16(22)20-11-2-1-9-7-18-8-10(9)5-11/h1-6,18H,7-8H2,(H,19,21)(H,20,22). The van der Waals surface area contributed by atoms with Crippen LogP contribution in [0.2, 0.25) is 5.15 Å². The van der Waals surface area contributed by atoms with Gasteiger partial charge in [0.1, 0.15) is 10.8 Å². The Morgan fingerprint density at radius 3 is 2.95 bits per heavy atom. The van der Waals surface area contributed by atoms with Gasteiger partial charge in [-0.2, -0.15) is 0 Å². The Morgan fingerprint density at radius 1 is 1.18 bits per heavy atom. The van der Waals surface area contributed by atoms with E-state index in [2.05, 4.69) is 20.6 Å². The van der Waals surface area contributed by atoms with Gasteiger partial charge in [0.15, 0.2) is 0 Å². The van der Waals surface area contributed by atoms with Crippen molar-refractivity contribution in [3.8, 4) is 0 Å². The van der Waals surface area contributed by atoms with E-state index in [1.54, 1.807) is 12.3 Å². The summed E-state index contributed by atoms with van der Waals surface area (Å²) in [4.78, 5) is 19.7. The maximum absolute atomic E-state index is 12.6. The lowest BCUT2D eigenvalue weighted by molar-refractivity contribution is 0.102. The lowest BCUT2D eigenvalue weighted by Crippen LogP contribution is -2.12. The Bertz CT molecular complexity index is 887. The van der Waals surface area contributed by atoms with Crippen LogP contribution < -0.4 is 10.6 Å². The molecule has 0 aliphatic carbocycles. The van der Waals surface area contributed by atoms with E-state index >= 15 is 0 Å². The Hall–Kier alpha value is -2.37. The van der Waals surface area contributed by atoms with Gasteiger partial charge in [0.2, 0.25) is 0 Å². The summed E-state index contributed by atoms with van der Waals surface area (Å²) in [5, 5.41) is 7.26. The molecule has 0 saturated heterocycles. The van der Waals surface area contributed by atoms with E-state index in [0.29, 0.717) is 16.4 Å². The lowest BCUT2D eigenvalue weighted by Gasteiger charge is -2.08. The van der Waals surface area contributed by atoms with Crippen molar-refractivity contribution in [3.05, 3.63) is 58.4 Å². The number of benzene rings is 1. The molecule has 1 aliphatic heterocycles. The molecule has 0 bridgehead atoms. The average Bonchev–Trinajstić information content (AvgIpc) is 3.13. The SMILES string of the molecule is O=C(Nc1ccc2c(c1)CNC2)c1cc(Cl)nc2[nH]ccc12. The highest BCUT2D eigenvalue weighted by Gasteiger charge is 2.15. The van der Waals surface area contributed by atoms with E-state index in [-0.39, 0.29) is 5.91 Å². The molecule has 1 amide bonds. The first-order valence-electron chi connectivity index (χ1n) is 6.98. The maximum Gasteiger partial charge on any atom is 0.256 e. The van der Waals surface area contributed by atoms with Crippen LogP contribution in [-0.2, 0) is 13.1 Å². The van der Waals surface area contributed by atoms with Gasteiger partial charge in [-0.3, -0.25) is 4.79 Å². The first-order valence-corrected chi connectivity index (χ1v) is 7.36. The molecule has 1 aliphatic rings. The topological polar surface area (TPSA) is 69.8 Å². The highest BCUT2D eigenvalue weighted by molar-refractivity contribution is 6.30. The summed E-state index contributed by atoms with van der Waals surface area (Å²) in [6, 6.07) is 9.36. The summed E-state index contributed by atoms with van der Waals surface area (Å²) in [7, 11) is 0. The molecule has 0 unspecified atom stereocenters.